The fourth-order valence-corrected chi connectivity index (χ4v) is 4.63. The minimum Gasteiger partial charge on any atom is -0.378 e. The van der Waals surface area contributed by atoms with E-state index in [1.807, 2.05) is 47.3 Å². The third-order valence-corrected chi connectivity index (χ3v) is 7.01. The van der Waals surface area contributed by atoms with Crippen LogP contribution in [0.4, 0.5) is 11.8 Å². The van der Waals surface area contributed by atoms with Crippen LogP contribution in [0.25, 0.3) is 5.69 Å². The monoisotopic (exact) mass is 541 g/mol. The SMILES string of the molecule is Cc1ccc(-n2nc(C(C)(C)C)cc2NC(O)NCc2ccccc2Cc2ccnc(N3CCOCC3)n2)cc1. The lowest BCUT2D eigenvalue weighted by Gasteiger charge is -2.26. The summed E-state index contributed by atoms with van der Waals surface area (Å²) in [4.78, 5) is 11.5. The average molecular weight is 542 g/mol. The van der Waals surface area contributed by atoms with Crippen molar-refractivity contribution in [1.82, 2.24) is 25.1 Å². The summed E-state index contributed by atoms with van der Waals surface area (Å²) >= 11 is 0. The van der Waals surface area contributed by atoms with Gasteiger partial charge in [0.05, 0.1) is 30.3 Å². The Morgan fingerprint density at radius 3 is 2.45 bits per heavy atom. The topological polar surface area (TPSA) is 100 Å². The van der Waals surface area contributed by atoms with E-state index < -0.39 is 6.35 Å². The van der Waals surface area contributed by atoms with Crippen molar-refractivity contribution in [3.63, 3.8) is 0 Å². The van der Waals surface area contributed by atoms with Crippen LogP contribution in [-0.4, -0.2) is 57.5 Å². The summed E-state index contributed by atoms with van der Waals surface area (Å²) in [6.07, 6.45) is 1.52. The summed E-state index contributed by atoms with van der Waals surface area (Å²) in [5.41, 5.74) is 6.12. The Bertz CT molecular complexity index is 1410. The molecule has 1 unspecified atom stereocenters. The Morgan fingerprint density at radius 1 is 1.00 bits per heavy atom. The summed E-state index contributed by atoms with van der Waals surface area (Å²) in [5.74, 6) is 1.47. The van der Waals surface area contributed by atoms with Crippen LogP contribution in [0.15, 0.2) is 66.9 Å². The van der Waals surface area contributed by atoms with E-state index in [9.17, 15) is 5.11 Å². The Kier molecular flexibility index (Phi) is 8.44. The molecule has 0 radical (unpaired) electrons. The molecule has 0 bridgehead atoms. The number of benzene rings is 2. The molecule has 0 spiro atoms. The quantitative estimate of drug-likeness (QED) is 0.272. The van der Waals surface area contributed by atoms with Gasteiger partial charge in [0.2, 0.25) is 5.95 Å². The largest absolute Gasteiger partial charge is 0.378 e. The molecule has 1 atom stereocenters. The predicted molar refractivity (Wildman–Crippen MR) is 158 cm³/mol. The van der Waals surface area contributed by atoms with Crippen LogP contribution in [-0.2, 0) is 23.1 Å². The summed E-state index contributed by atoms with van der Waals surface area (Å²) in [6, 6.07) is 20.4. The first-order chi connectivity index (χ1) is 19.3. The Morgan fingerprint density at radius 2 is 1.73 bits per heavy atom. The minimum atomic E-state index is -0.978. The van der Waals surface area contributed by atoms with Crippen LogP contribution < -0.4 is 15.5 Å². The molecule has 210 valence electrons. The maximum absolute atomic E-state index is 11.0. The molecule has 40 heavy (non-hydrogen) atoms. The van der Waals surface area contributed by atoms with Crippen molar-refractivity contribution in [2.75, 3.05) is 36.5 Å². The minimum absolute atomic E-state index is 0.133. The number of rotatable bonds is 9. The fourth-order valence-electron chi connectivity index (χ4n) is 4.63. The number of hydrogen-bond donors (Lipinski definition) is 3. The van der Waals surface area contributed by atoms with E-state index in [2.05, 4.69) is 72.5 Å². The Hall–Kier alpha value is -3.79. The molecule has 0 aliphatic carbocycles. The first-order valence-corrected chi connectivity index (χ1v) is 13.8. The maximum atomic E-state index is 11.0. The van der Waals surface area contributed by atoms with Gasteiger partial charge in [0, 0.05) is 43.7 Å². The van der Waals surface area contributed by atoms with Crippen LogP contribution in [0.5, 0.6) is 0 Å². The first kappa shape index (κ1) is 27.8. The van der Waals surface area contributed by atoms with Gasteiger partial charge in [-0.25, -0.2) is 14.6 Å². The van der Waals surface area contributed by atoms with Gasteiger partial charge in [0.15, 0.2) is 6.35 Å². The number of aromatic nitrogens is 4. The van der Waals surface area contributed by atoms with E-state index in [0.29, 0.717) is 26.2 Å². The number of ether oxygens (including phenoxy) is 1. The van der Waals surface area contributed by atoms with Gasteiger partial charge in [-0.2, -0.15) is 5.10 Å². The maximum Gasteiger partial charge on any atom is 0.225 e. The first-order valence-electron chi connectivity index (χ1n) is 13.8. The van der Waals surface area contributed by atoms with Crippen molar-refractivity contribution in [3.05, 3.63) is 94.9 Å². The number of morpholine rings is 1. The molecule has 3 N–H and O–H groups in total. The number of nitrogens with zero attached hydrogens (tertiary/aromatic N) is 5. The van der Waals surface area contributed by atoms with Gasteiger partial charge in [-0.15, -0.1) is 0 Å². The predicted octanol–water partition coefficient (Wildman–Crippen LogP) is 4.17. The Labute approximate surface area is 236 Å². The molecule has 5 rings (SSSR count). The zero-order valence-electron chi connectivity index (χ0n) is 23.8. The van der Waals surface area contributed by atoms with Gasteiger partial charge in [-0.3, -0.25) is 5.32 Å². The third-order valence-electron chi connectivity index (χ3n) is 7.01. The average Bonchev–Trinajstić information content (AvgIpc) is 3.38. The van der Waals surface area contributed by atoms with Crippen molar-refractivity contribution < 1.29 is 9.84 Å². The zero-order valence-corrected chi connectivity index (χ0v) is 23.8. The van der Waals surface area contributed by atoms with Crippen molar-refractivity contribution in [1.29, 1.82) is 0 Å². The number of nitrogens with one attached hydrogen (secondary N) is 2. The molecule has 9 heteroatoms. The number of aliphatic hydroxyl groups is 1. The highest BCUT2D eigenvalue weighted by molar-refractivity contribution is 5.48. The second-order valence-electron chi connectivity index (χ2n) is 11.2. The molecule has 1 fully saturated rings. The molecule has 0 amide bonds. The van der Waals surface area contributed by atoms with E-state index in [1.54, 1.807) is 0 Å². The molecular formula is C31H39N7O2. The number of aryl methyl sites for hydroxylation is 1. The van der Waals surface area contributed by atoms with Gasteiger partial charge in [0.25, 0.3) is 0 Å². The van der Waals surface area contributed by atoms with Gasteiger partial charge in [-0.05, 0) is 36.2 Å². The third kappa shape index (κ3) is 6.85. The van der Waals surface area contributed by atoms with Crippen molar-refractivity contribution in [2.24, 2.45) is 0 Å². The molecule has 2 aromatic heterocycles. The summed E-state index contributed by atoms with van der Waals surface area (Å²) in [5, 5.41) is 22.2. The Balaban J connectivity index is 1.27. The highest BCUT2D eigenvalue weighted by Gasteiger charge is 2.22. The van der Waals surface area contributed by atoms with E-state index >= 15 is 0 Å². The van der Waals surface area contributed by atoms with E-state index in [4.69, 9.17) is 14.8 Å². The van der Waals surface area contributed by atoms with Gasteiger partial charge in [0.1, 0.15) is 5.82 Å². The summed E-state index contributed by atoms with van der Waals surface area (Å²) in [7, 11) is 0. The highest BCUT2D eigenvalue weighted by atomic mass is 16.5. The molecule has 0 saturated carbocycles. The second-order valence-corrected chi connectivity index (χ2v) is 11.2. The molecular weight excluding hydrogens is 502 g/mol. The van der Waals surface area contributed by atoms with E-state index in [1.165, 1.54) is 5.56 Å². The lowest BCUT2D eigenvalue weighted by molar-refractivity contribution is 0.122. The van der Waals surface area contributed by atoms with E-state index in [-0.39, 0.29) is 5.41 Å². The zero-order chi connectivity index (χ0) is 28.1. The summed E-state index contributed by atoms with van der Waals surface area (Å²) in [6.45, 7) is 11.9. The van der Waals surface area contributed by atoms with Crippen LogP contribution in [0.3, 0.4) is 0 Å². The summed E-state index contributed by atoms with van der Waals surface area (Å²) < 4.78 is 7.31. The number of hydrogen-bond acceptors (Lipinski definition) is 8. The molecule has 1 saturated heterocycles. The van der Waals surface area contributed by atoms with Crippen LogP contribution in [0.1, 0.15) is 48.8 Å². The lowest BCUT2D eigenvalue weighted by Crippen LogP contribution is -2.37. The van der Waals surface area contributed by atoms with Crippen molar-refractivity contribution in [3.8, 4) is 5.69 Å². The van der Waals surface area contributed by atoms with Crippen LogP contribution in [0.2, 0.25) is 0 Å². The standard InChI is InChI=1S/C31H39N7O2/c1-22-9-11-26(12-10-22)38-28(20-27(36-38)31(2,3)4)35-30(39)33-21-24-8-6-5-7-23(24)19-25-13-14-32-29(34-25)37-15-17-40-18-16-37/h5-14,20,30,33,35,39H,15-19,21H2,1-4H3. The van der Waals surface area contributed by atoms with Gasteiger partial charge in [-0.1, -0.05) is 62.7 Å². The molecule has 1 aliphatic heterocycles. The van der Waals surface area contributed by atoms with Crippen molar-refractivity contribution >= 4 is 11.8 Å². The normalized spacial score (nSPS) is 14.8. The second kappa shape index (κ2) is 12.2. The fraction of sp³-hybridized carbons (Fsp3) is 0.387. The molecule has 9 nitrogen and oxygen atoms in total. The van der Waals surface area contributed by atoms with Crippen LogP contribution in [0, 0.1) is 6.92 Å². The van der Waals surface area contributed by atoms with Gasteiger partial charge < -0.3 is 20.1 Å². The molecule has 3 heterocycles. The number of anilines is 2. The van der Waals surface area contributed by atoms with Crippen molar-refractivity contribution in [2.45, 2.75) is 52.4 Å². The lowest BCUT2D eigenvalue weighted by atomic mass is 9.92. The molecule has 4 aromatic rings. The molecule has 1 aliphatic rings. The smallest absolute Gasteiger partial charge is 0.225 e. The highest BCUT2D eigenvalue weighted by Crippen LogP contribution is 2.27. The number of aliphatic hydroxyl groups excluding tert-OH is 1. The van der Waals surface area contributed by atoms with Crippen LogP contribution >= 0.6 is 0 Å². The van der Waals surface area contributed by atoms with E-state index in [0.717, 1.165) is 53.1 Å². The molecule has 2 aromatic carbocycles. The van der Waals surface area contributed by atoms with Gasteiger partial charge >= 0.3 is 0 Å².